The van der Waals surface area contributed by atoms with Crippen LogP contribution >= 0.6 is 11.6 Å². The van der Waals surface area contributed by atoms with Crippen molar-refractivity contribution in [1.29, 1.82) is 0 Å². The smallest absolute Gasteiger partial charge is 0.309 e. The number of rotatable bonds is 3. The Bertz CT molecular complexity index is 548. The normalized spacial score (nSPS) is 10.5. The van der Waals surface area contributed by atoms with Crippen molar-refractivity contribution in [3.63, 3.8) is 0 Å². The van der Waals surface area contributed by atoms with Crippen LogP contribution in [0.1, 0.15) is 11.3 Å². The summed E-state index contributed by atoms with van der Waals surface area (Å²) in [7, 11) is 0. The van der Waals surface area contributed by atoms with Crippen molar-refractivity contribution >= 4 is 17.6 Å². The first-order chi connectivity index (χ1) is 8.08. The molecule has 0 saturated carbocycles. The number of halogens is 1. The van der Waals surface area contributed by atoms with Crippen LogP contribution in [-0.2, 0) is 11.2 Å². The lowest BCUT2D eigenvalue weighted by Crippen LogP contribution is -2.08. The Hall–Kier alpha value is -1.88. The molecule has 5 nitrogen and oxygen atoms in total. The van der Waals surface area contributed by atoms with Crippen molar-refractivity contribution < 1.29 is 9.90 Å². The maximum Gasteiger partial charge on any atom is 0.309 e. The second-order valence-corrected chi connectivity index (χ2v) is 4.00. The van der Waals surface area contributed by atoms with Gasteiger partial charge in [-0.05, 0) is 19.1 Å². The van der Waals surface area contributed by atoms with E-state index in [0.29, 0.717) is 5.69 Å². The Morgan fingerprint density at radius 1 is 1.41 bits per heavy atom. The van der Waals surface area contributed by atoms with Crippen LogP contribution < -0.4 is 0 Å². The molecule has 6 heteroatoms. The Kier molecular flexibility index (Phi) is 3.10. The second kappa shape index (κ2) is 4.55. The van der Waals surface area contributed by atoms with Gasteiger partial charge in [0.1, 0.15) is 0 Å². The largest absolute Gasteiger partial charge is 0.481 e. The summed E-state index contributed by atoms with van der Waals surface area (Å²) in [5.41, 5.74) is 2.23. The molecule has 2 rings (SSSR count). The molecule has 0 amide bonds. The number of nitrogens with zero attached hydrogens (tertiary/aromatic N) is 3. The van der Waals surface area contributed by atoms with E-state index in [-0.39, 0.29) is 11.6 Å². The van der Waals surface area contributed by atoms with Crippen molar-refractivity contribution in [1.82, 2.24) is 15.0 Å². The molecule has 0 saturated heterocycles. The molecule has 2 aromatic rings. The van der Waals surface area contributed by atoms with Crippen LogP contribution in [0.2, 0.25) is 5.15 Å². The number of carbonyl (C=O) groups is 1. The van der Waals surface area contributed by atoms with Gasteiger partial charge in [-0.3, -0.25) is 4.79 Å². The molecule has 0 aliphatic carbocycles. The van der Waals surface area contributed by atoms with Gasteiger partial charge in [0, 0.05) is 0 Å². The van der Waals surface area contributed by atoms with Gasteiger partial charge in [0.2, 0.25) is 0 Å². The molecule has 1 heterocycles. The predicted octanol–water partition coefficient (Wildman–Crippen LogP) is 1.86. The van der Waals surface area contributed by atoms with E-state index in [2.05, 4.69) is 10.3 Å². The highest BCUT2D eigenvalue weighted by Gasteiger charge is 2.15. The molecule has 0 bridgehead atoms. The van der Waals surface area contributed by atoms with Crippen molar-refractivity contribution in [2.75, 3.05) is 0 Å². The summed E-state index contributed by atoms with van der Waals surface area (Å²) in [5, 5.41) is 16.4. The number of benzene rings is 1. The molecule has 1 aromatic carbocycles. The summed E-state index contributed by atoms with van der Waals surface area (Å²) in [6, 6.07) is 7.50. The average Bonchev–Trinajstić information content (AvgIpc) is 2.61. The summed E-state index contributed by atoms with van der Waals surface area (Å²) in [4.78, 5) is 10.7. The van der Waals surface area contributed by atoms with E-state index in [1.165, 1.54) is 4.68 Å². The van der Waals surface area contributed by atoms with Crippen LogP contribution in [0.4, 0.5) is 0 Å². The lowest BCUT2D eigenvalue weighted by molar-refractivity contribution is -0.136. The van der Waals surface area contributed by atoms with Gasteiger partial charge in [-0.1, -0.05) is 34.5 Å². The fourth-order valence-electron chi connectivity index (χ4n) is 1.47. The van der Waals surface area contributed by atoms with Crippen molar-refractivity contribution in [3.05, 3.63) is 40.7 Å². The minimum atomic E-state index is -0.970. The van der Waals surface area contributed by atoms with Gasteiger partial charge in [0.05, 0.1) is 17.8 Å². The highest BCUT2D eigenvalue weighted by atomic mass is 35.5. The number of carboxylic acids is 1. The molecule has 0 atom stereocenters. The van der Waals surface area contributed by atoms with Crippen LogP contribution in [0.25, 0.3) is 5.69 Å². The molecule has 88 valence electrons. The molecule has 1 aromatic heterocycles. The highest BCUT2D eigenvalue weighted by molar-refractivity contribution is 6.30. The van der Waals surface area contributed by atoms with Crippen LogP contribution in [0.3, 0.4) is 0 Å². The van der Waals surface area contributed by atoms with Crippen molar-refractivity contribution in [2.45, 2.75) is 13.3 Å². The van der Waals surface area contributed by atoms with Gasteiger partial charge in [0.25, 0.3) is 0 Å². The summed E-state index contributed by atoms with van der Waals surface area (Å²) >= 11 is 5.81. The third kappa shape index (κ3) is 2.45. The lowest BCUT2D eigenvalue weighted by atomic mass is 10.2. The maximum atomic E-state index is 10.7. The first kappa shape index (κ1) is 11.6. The van der Waals surface area contributed by atoms with Crippen LogP contribution in [-0.4, -0.2) is 26.1 Å². The van der Waals surface area contributed by atoms with E-state index in [1.807, 2.05) is 31.2 Å². The minimum absolute atomic E-state index is 0.118. The van der Waals surface area contributed by atoms with Crippen molar-refractivity contribution in [3.8, 4) is 5.69 Å². The SMILES string of the molecule is Cc1ccc(-n2nnc(Cl)c2CC(=O)O)cc1. The Balaban J connectivity index is 2.45. The summed E-state index contributed by atoms with van der Waals surface area (Å²) < 4.78 is 1.44. The number of hydrogen-bond acceptors (Lipinski definition) is 3. The van der Waals surface area contributed by atoms with Gasteiger partial charge >= 0.3 is 5.97 Å². The fraction of sp³-hybridized carbons (Fsp3) is 0.182. The van der Waals surface area contributed by atoms with Gasteiger partial charge < -0.3 is 5.11 Å². The van der Waals surface area contributed by atoms with Crippen LogP contribution in [0, 0.1) is 6.92 Å². The van der Waals surface area contributed by atoms with E-state index in [1.54, 1.807) is 0 Å². The standard InChI is InChI=1S/C11H10ClN3O2/c1-7-2-4-8(5-3-7)15-9(6-10(16)17)11(12)13-14-15/h2-5H,6H2,1H3,(H,16,17). The number of aliphatic carboxylic acids is 1. The molecule has 0 spiro atoms. The molecular weight excluding hydrogens is 242 g/mol. The average molecular weight is 252 g/mol. The fourth-order valence-corrected chi connectivity index (χ4v) is 1.65. The number of aromatic nitrogens is 3. The highest BCUT2D eigenvalue weighted by Crippen LogP contribution is 2.17. The first-order valence-electron chi connectivity index (χ1n) is 4.97. The third-order valence-corrected chi connectivity index (χ3v) is 2.61. The van der Waals surface area contributed by atoms with Crippen molar-refractivity contribution in [2.24, 2.45) is 0 Å². The minimum Gasteiger partial charge on any atom is -0.481 e. The summed E-state index contributed by atoms with van der Waals surface area (Å²) in [5.74, 6) is -0.970. The topological polar surface area (TPSA) is 68.0 Å². The lowest BCUT2D eigenvalue weighted by Gasteiger charge is -2.04. The Morgan fingerprint density at radius 2 is 2.06 bits per heavy atom. The molecular formula is C11H10ClN3O2. The Labute approximate surface area is 103 Å². The van der Waals surface area contributed by atoms with Gasteiger partial charge in [0.15, 0.2) is 5.15 Å². The van der Waals surface area contributed by atoms with E-state index < -0.39 is 5.97 Å². The number of aryl methyl sites for hydroxylation is 1. The summed E-state index contributed by atoms with van der Waals surface area (Å²) in [6.07, 6.45) is -0.209. The molecule has 0 radical (unpaired) electrons. The number of carboxylic acid groups (broad SMARTS) is 1. The van der Waals surface area contributed by atoms with Gasteiger partial charge in [-0.25, -0.2) is 4.68 Å². The molecule has 0 aliphatic rings. The zero-order valence-electron chi connectivity index (χ0n) is 9.09. The monoisotopic (exact) mass is 251 g/mol. The third-order valence-electron chi connectivity index (χ3n) is 2.31. The molecule has 1 N–H and O–H groups in total. The van der Waals surface area contributed by atoms with Gasteiger partial charge in [-0.15, -0.1) is 5.10 Å². The maximum absolute atomic E-state index is 10.7. The first-order valence-corrected chi connectivity index (χ1v) is 5.34. The number of hydrogen-bond donors (Lipinski definition) is 1. The van der Waals surface area contributed by atoms with Crippen LogP contribution in [0.15, 0.2) is 24.3 Å². The van der Waals surface area contributed by atoms with E-state index in [4.69, 9.17) is 16.7 Å². The predicted molar refractivity (Wildman–Crippen MR) is 62.4 cm³/mol. The Morgan fingerprint density at radius 3 is 2.65 bits per heavy atom. The summed E-state index contributed by atoms with van der Waals surface area (Å²) in [6.45, 7) is 1.97. The molecule has 17 heavy (non-hydrogen) atoms. The van der Waals surface area contributed by atoms with Crippen LogP contribution in [0.5, 0.6) is 0 Å². The molecule has 0 unspecified atom stereocenters. The molecule has 0 aliphatic heterocycles. The van der Waals surface area contributed by atoms with Gasteiger partial charge in [-0.2, -0.15) is 0 Å². The molecule has 0 fully saturated rings. The van der Waals surface area contributed by atoms with E-state index in [9.17, 15) is 4.79 Å². The zero-order valence-corrected chi connectivity index (χ0v) is 9.85. The van der Waals surface area contributed by atoms with E-state index >= 15 is 0 Å². The van der Waals surface area contributed by atoms with E-state index in [0.717, 1.165) is 11.3 Å². The quantitative estimate of drug-likeness (QED) is 0.904. The zero-order chi connectivity index (χ0) is 12.4. The second-order valence-electron chi connectivity index (χ2n) is 3.64.